The van der Waals surface area contributed by atoms with E-state index < -0.39 is 0 Å². The van der Waals surface area contributed by atoms with E-state index in [9.17, 15) is 4.79 Å². The first kappa shape index (κ1) is 16.5. The van der Waals surface area contributed by atoms with E-state index in [0.717, 1.165) is 24.6 Å². The number of hydrogen-bond donors (Lipinski definition) is 0. The summed E-state index contributed by atoms with van der Waals surface area (Å²) in [6, 6.07) is 0. The average molecular weight is 243 g/mol. The van der Waals surface area contributed by atoms with Crippen LogP contribution in [0.3, 0.4) is 0 Å². The van der Waals surface area contributed by atoms with Crippen molar-refractivity contribution < 1.29 is 9.53 Å². The molecule has 0 bridgehead atoms. The summed E-state index contributed by atoms with van der Waals surface area (Å²) < 4.78 is 4.40. The van der Waals surface area contributed by atoms with Crippen molar-refractivity contribution in [2.45, 2.75) is 39.5 Å². The second kappa shape index (κ2) is 15.5. The summed E-state index contributed by atoms with van der Waals surface area (Å²) in [6.07, 6.45) is 4.74. The van der Waals surface area contributed by atoms with E-state index >= 15 is 0 Å². The molecule has 0 heterocycles. The molecule has 0 spiro atoms. The Balaban J connectivity index is 0. The Morgan fingerprint density at radius 1 is 1.07 bits per heavy atom. The third kappa shape index (κ3) is 22.7. The van der Waals surface area contributed by atoms with Gasteiger partial charge >= 0.3 is 5.97 Å². The summed E-state index contributed by atoms with van der Waals surface area (Å²) in [5, 5.41) is 0. The Hall–Kier alpha value is 0.0500. The molecule has 0 N–H and O–H groups in total. The van der Waals surface area contributed by atoms with E-state index in [1.807, 2.05) is 0 Å². The molecular formula is C10H20Cl2O2. The molecule has 86 valence electrons. The van der Waals surface area contributed by atoms with Gasteiger partial charge in [0.15, 0.2) is 0 Å². The van der Waals surface area contributed by atoms with Crippen LogP contribution in [0.15, 0.2) is 0 Å². The number of rotatable bonds is 6. The summed E-state index contributed by atoms with van der Waals surface area (Å²) in [6.45, 7) is 3.65. The summed E-state index contributed by atoms with van der Waals surface area (Å²) in [4.78, 5) is 9.82. The highest BCUT2D eigenvalue weighted by atomic mass is 35.5. The quantitative estimate of drug-likeness (QED) is 0.405. The lowest BCUT2D eigenvalue weighted by Crippen LogP contribution is -1.95. The molecule has 0 aromatic heterocycles. The van der Waals surface area contributed by atoms with Gasteiger partial charge < -0.3 is 4.74 Å². The fraction of sp³-hybridized carbons (Fsp3) is 0.900. The third-order valence-electron chi connectivity index (χ3n) is 1.36. The Kier molecular flexibility index (Phi) is 18.3. The number of halogens is 2. The van der Waals surface area contributed by atoms with Crippen LogP contribution in [0.4, 0.5) is 0 Å². The van der Waals surface area contributed by atoms with Crippen molar-refractivity contribution in [3.8, 4) is 0 Å². The second-order valence-corrected chi connectivity index (χ2v) is 3.47. The lowest BCUT2D eigenvalue weighted by atomic mass is 10.2. The van der Waals surface area contributed by atoms with Crippen LogP contribution in [0.25, 0.3) is 0 Å². The Morgan fingerprint density at radius 2 is 1.50 bits per heavy atom. The molecule has 0 aromatic rings. The van der Waals surface area contributed by atoms with Crippen LogP contribution < -0.4 is 0 Å². The molecule has 0 rings (SSSR count). The van der Waals surface area contributed by atoms with Crippen molar-refractivity contribution in [2.75, 3.05) is 18.4 Å². The monoisotopic (exact) mass is 242 g/mol. The maximum absolute atomic E-state index is 9.82. The molecule has 0 fully saturated rings. The molecule has 4 heteroatoms. The van der Waals surface area contributed by atoms with Crippen molar-refractivity contribution in [1.29, 1.82) is 0 Å². The SMILES string of the molecule is CCOC(C)=O.ClCCCCCCCl. The zero-order valence-corrected chi connectivity index (χ0v) is 10.5. The van der Waals surface area contributed by atoms with E-state index in [-0.39, 0.29) is 5.97 Å². The normalized spacial score (nSPS) is 8.86. The maximum Gasteiger partial charge on any atom is 0.302 e. The number of alkyl halides is 2. The standard InChI is InChI=1S/C6H12Cl2.C4H8O2/c7-5-3-1-2-4-6-8;1-3-6-4(2)5/h1-6H2;3H2,1-2H3. The topological polar surface area (TPSA) is 26.3 Å². The van der Waals surface area contributed by atoms with Gasteiger partial charge in [0.2, 0.25) is 0 Å². The first-order valence-corrected chi connectivity index (χ1v) is 6.01. The van der Waals surface area contributed by atoms with E-state index in [1.165, 1.54) is 19.8 Å². The van der Waals surface area contributed by atoms with Gasteiger partial charge in [-0.1, -0.05) is 12.8 Å². The van der Waals surface area contributed by atoms with Crippen LogP contribution in [-0.2, 0) is 9.53 Å². The highest BCUT2D eigenvalue weighted by molar-refractivity contribution is 6.18. The lowest BCUT2D eigenvalue weighted by Gasteiger charge is -1.92. The van der Waals surface area contributed by atoms with Gasteiger partial charge in [0.1, 0.15) is 0 Å². The number of hydrogen-bond acceptors (Lipinski definition) is 2. The minimum atomic E-state index is -0.211. The van der Waals surface area contributed by atoms with Gasteiger partial charge in [-0.05, 0) is 19.8 Å². The summed E-state index contributed by atoms with van der Waals surface area (Å²) in [7, 11) is 0. The third-order valence-corrected chi connectivity index (χ3v) is 1.90. The maximum atomic E-state index is 9.82. The minimum absolute atomic E-state index is 0.211. The predicted molar refractivity (Wildman–Crippen MR) is 62.2 cm³/mol. The van der Waals surface area contributed by atoms with Gasteiger partial charge in [0.25, 0.3) is 0 Å². The van der Waals surface area contributed by atoms with Gasteiger partial charge in [-0.15, -0.1) is 23.2 Å². The largest absolute Gasteiger partial charge is 0.466 e. The molecule has 0 saturated heterocycles. The van der Waals surface area contributed by atoms with Crippen molar-refractivity contribution in [2.24, 2.45) is 0 Å². The number of carbonyl (C=O) groups is 1. The van der Waals surface area contributed by atoms with Gasteiger partial charge in [0, 0.05) is 18.7 Å². The fourth-order valence-corrected chi connectivity index (χ4v) is 1.12. The Morgan fingerprint density at radius 3 is 1.64 bits per heavy atom. The Labute approximate surface area is 96.9 Å². The zero-order valence-electron chi connectivity index (χ0n) is 9.02. The summed E-state index contributed by atoms with van der Waals surface area (Å²) in [5.74, 6) is 1.38. The summed E-state index contributed by atoms with van der Waals surface area (Å²) >= 11 is 10.9. The van der Waals surface area contributed by atoms with Crippen molar-refractivity contribution >= 4 is 29.2 Å². The molecular weight excluding hydrogens is 223 g/mol. The lowest BCUT2D eigenvalue weighted by molar-refractivity contribution is -0.140. The fourth-order valence-electron chi connectivity index (χ4n) is 0.746. The van der Waals surface area contributed by atoms with Crippen LogP contribution in [0.2, 0.25) is 0 Å². The van der Waals surface area contributed by atoms with E-state index in [1.54, 1.807) is 6.92 Å². The van der Waals surface area contributed by atoms with Gasteiger partial charge in [-0.2, -0.15) is 0 Å². The van der Waals surface area contributed by atoms with Gasteiger partial charge in [0.05, 0.1) is 6.61 Å². The van der Waals surface area contributed by atoms with E-state index in [4.69, 9.17) is 23.2 Å². The molecule has 0 unspecified atom stereocenters. The van der Waals surface area contributed by atoms with Crippen molar-refractivity contribution in [3.63, 3.8) is 0 Å². The Bertz CT molecular complexity index is 113. The number of esters is 1. The van der Waals surface area contributed by atoms with Gasteiger partial charge in [-0.25, -0.2) is 0 Å². The number of ether oxygens (including phenoxy) is 1. The molecule has 0 aliphatic heterocycles. The number of unbranched alkanes of at least 4 members (excludes halogenated alkanes) is 3. The molecule has 0 aliphatic rings. The van der Waals surface area contributed by atoms with Crippen LogP contribution in [0, 0.1) is 0 Å². The molecule has 14 heavy (non-hydrogen) atoms. The van der Waals surface area contributed by atoms with Crippen LogP contribution in [0.5, 0.6) is 0 Å². The molecule has 2 nitrogen and oxygen atoms in total. The van der Waals surface area contributed by atoms with Crippen molar-refractivity contribution in [1.82, 2.24) is 0 Å². The minimum Gasteiger partial charge on any atom is -0.466 e. The molecule has 0 radical (unpaired) electrons. The zero-order chi connectivity index (χ0) is 11.2. The molecule has 0 aromatic carbocycles. The first-order valence-electron chi connectivity index (χ1n) is 4.94. The average Bonchev–Trinajstić information content (AvgIpc) is 2.13. The first-order chi connectivity index (χ1) is 6.68. The predicted octanol–water partition coefficient (Wildman–Crippen LogP) is 3.59. The molecule has 0 saturated carbocycles. The summed E-state index contributed by atoms with van der Waals surface area (Å²) in [5.41, 5.74) is 0. The second-order valence-electron chi connectivity index (χ2n) is 2.72. The van der Waals surface area contributed by atoms with Crippen LogP contribution >= 0.6 is 23.2 Å². The molecule has 0 amide bonds. The molecule has 0 aliphatic carbocycles. The number of carbonyl (C=O) groups excluding carboxylic acids is 1. The molecule has 0 atom stereocenters. The van der Waals surface area contributed by atoms with E-state index in [2.05, 4.69) is 4.74 Å². The highest BCUT2D eigenvalue weighted by Gasteiger charge is 1.85. The van der Waals surface area contributed by atoms with Crippen molar-refractivity contribution in [3.05, 3.63) is 0 Å². The van der Waals surface area contributed by atoms with Crippen LogP contribution in [-0.4, -0.2) is 24.3 Å². The van der Waals surface area contributed by atoms with Crippen LogP contribution in [0.1, 0.15) is 39.5 Å². The van der Waals surface area contributed by atoms with E-state index in [0.29, 0.717) is 6.61 Å². The highest BCUT2D eigenvalue weighted by Crippen LogP contribution is 2.01. The smallest absolute Gasteiger partial charge is 0.302 e. The van der Waals surface area contributed by atoms with Gasteiger partial charge in [-0.3, -0.25) is 4.79 Å².